The molecule has 5 rings (SSSR count). The number of imidazole rings is 1. The van der Waals surface area contributed by atoms with E-state index < -0.39 is 21.8 Å². The molecule has 4 aromatic carbocycles. The minimum atomic E-state index is -4.60. The Bertz CT molecular complexity index is 1650. The van der Waals surface area contributed by atoms with Crippen LogP contribution in [-0.2, 0) is 22.8 Å². The van der Waals surface area contributed by atoms with Crippen LogP contribution >= 0.6 is 0 Å². The van der Waals surface area contributed by atoms with Gasteiger partial charge in [0.05, 0.1) is 10.5 Å². The van der Waals surface area contributed by atoms with E-state index in [0.29, 0.717) is 28.7 Å². The Hall–Kier alpha value is -4.05. The zero-order chi connectivity index (χ0) is 24.6. The highest BCUT2D eigenvalue weighted by molar-refractivity contribution is 7.94. The smallest absolute Gasteiger partial charge is 0.416 e. The van der Waals surface area contributed by atoms with Crippen molar-refractivity contribution in [1.29, 1.82) is 0 Å². The Morgan fingerprint density at radius 1 is 0.886 bits per heavy atom. The molecule has 1 heterocycles. The summed E-state index contributed by atoms with van der Waals surface area (Å²) in [5.41, 5.74) is -0.149. The van der Waals surface area contributed by atoms with Gasteiger partial charge in [0.25, 0.3) is 5.82 Å². The van der Waals surface area contributed by atoms with Gasteiger partial charge in [0.15, 0.2) is 17.6 Å². The molecule has 0 spiro atoms. The molecule has 0 atom stereocenters. The molecular formula is C25H18F3N3O3S. The molecule has 10 heteroatoms. The van der Waals surface area contributed by atoms with Crippen molar-refractivity contribution in [1.82, 2.24) is 4.98 Å². The fraction of sp³-hybridized carbons (Fsp3) is 0.0800. The Balaban J connectivity index is 1.34. The van der Waals surface area contributed by atoms with Gasteiger partial charge in [-0.3, -0.25) is 0 Å². The lowest BCUT2D eigenvalue weighted by atomic mass is 10.1. The first kappa shape index (κ1) is 22.7. The molecule has 0 saturated heterocycles. The highest BCUT2D eigenvalue weighted by Gasteiger charge is 2.29. The molecule has 6 nitrogen and oxygen atoms in total. The van der Waals surface area contributed by atoms with Crippen molar-refractivity contribution in [3.8, 4) is 5.75 Å². The maximum absolute atomic E-state index is 12.9. The summed E-state index contributed by atoms with van der Waals surface area (Å²) in [4.78, 5) is 6.04. The first-order chi connectivity index (χ1) is 16.7. The van der Waals surface area contributed by atoms with Crippen molar-refractivity contribution in [3.05, 3.63) is 101 Å². The minimum Gasteiger partial charge on any atom is -0.573 e. The number of ether oxygens (including phenoxy) is 1. The third-order valence-electron chi connectivity index (χ3n) is 5.36. The first-order valence-electron chi connectivity index (χ1n) is 10.5. The molecule has 178 valence electrons. The molecule has 0 aliphatic heterocycles. The number of benzene rings is 4. The summed E-state index contributed by atoms with van der Waals surface area (Å²) in [7, 11) is -4.24. The molecule has 0 radical (unpaired) electrons. The van der Waals surface area contributed by atoms with E-state index in [2.05, 4.69) is 14.7 Å². The number of fused-ring (bicyclic) bond motifs is 2. The number of rotatable bonds is 6. The summed E-state index contributed by atoms with van der Waals surface area (Å²) in [6.45, 7) is 0.184. The van der Waals surface area contributed by atoms with E-state index in [1.807, 2.05) is 42.5 Å². The number of aromatic nitrogens is 2. The number of sulfonamides is 1. The number of H-pyrrole nitrogens is 2. The van der Waals surface area contributed by atoms with Crippen LogP contribution in [0.1, 0.15) is 11.4 Å². The van der Waals surface area contributed by atoms with E-state index in [9.17, 15) is 21.6 Å². The van der Waals surface area contributed by atoms with Crippen LogP contribution in [0.5, 0.6) is 5.75 Å². The molecule has 0 saturated carbocycles. The van der Waals surface area contributed by atoms with E-state index >= 15 is 0 Å². The molecule has 0 unspecified atom stereocenters. The van der Waals surface area contributed by atoms with Crippen molar-refractivity contribution >= 4 is 37.5 Å². The highest BCUT2D eigenvalue weighted by Crippen LogP contribution is 2.35. The third kappa shape index (κ3) is 4.92. The minimum absolute atomic E-state index is 0.153. The first-order valence-corrected chi connectivity index (χ1v) is 11.9. The van der Waals surface area contributed by atoms with Crippen LogP contribution in [0.2, 0.25) is 0 Å². The number of hydrogen-bond donors (Lipinski definition) is 1. The molecule has 1 aromatic heterocycles. The molecule has 0 amide bonds. The number of nitrogens with one attached hydrogen (secondary N) is 2. The Morgan fingerprint density at radius 3 is 2.49 bits per heavy atom. The SMILES string of the molecule is O=S(=O)([N-]c1cccc(C(F)(F)F)c1)c1ccc2[nH+]c(COc3ccc4ccccc4c3)[nH]c2c1. The van der Waals surface area contributed by atoms with Crippen LogP contribution in [-0.4, -0.2) is 13.4 Å². The topological polar surface area (TPSA) is 87.4 Å². The normalized spacial score (nSPS) is 12.2. The highest BCUT2D eigenvalue weighted by atomic mass is 32.2. The van der Waals surface area contributed by atoms with Crippen molar-refractivity contribution in [2.75, 3.05) is 0 Å². The molecule has 35 heavy (non-hydrogen) atoms. The van der Waals surface area contributed by atoms with Gasteiger partial charge < -0.3 is 9.46 Å². The zero-order valence-electron chi connectivity index (χ0n) is 18.0. The molecule has 5 aromatic rings. The second-order valence-corrected chi connectivity index (χ2v) is 9.45. The summed E-state index contributed by atoms with van der Waals surface area (Å²) in [5, 5.41) is 2.14. The maximum atomic E-state index is 12.9. The summed E-state index contributed by atoms with van der Waals surface area (Å²) in [5.74, 6) is 1.29. The van der Waals surface area contributed by atoms with Crippen molar-refractivity contribution in [2.24, 2.45) is 0 Å². The standard InChI is InChI=1S/C25H17F3N3O3S/c26-25(27,28)18-6-3-7-19(13-18)31-35(32,33)21-10-11-22-23(14-21)30-24(29-22)15-34-20-9-8-16-4-1-2-5-17(16)12-20/h1-14H,15H2,(H,29,30)/q-1/p+1. The average Bonchev–Trinajstić information content (AvgIpc) is 3.24. The summed E-state index contributed by atoms with van der Waals surface area (Å²) in [6.07, 6.45) is -4.60. The van der Waals surface area contributed by atoms with Crippen LogP contribution in [0.25, 0.3) is 26.5 Å². The van der Waals surface area contributed by atoms with Gasteiger partial charge in [0.1, 0.15) is 15.8 Å². The van der Waals surface area contributed by atoms with Crippen LogP contribution in [0.4, 0.5) is 18.9 Å². The number of alkyl halides is 3. The van der Waals surface area contributed by atoms with E-state index in [-0.39, 0.29) is 17.2 Å². The van der Waals surface area contributed by atoms with Crippen molar-refractivity contribution < 1.29 is 31.3 Å². The second kappa shape index (κ2) is 8.62. The Kier molecular flexibility index (Phi) is 5.60. The lowest BCUT2D eigenvalue weighted by molar-refractivity contribution is -0.362. The lowest BCUT2D eigenvalue weighted by Crippen LogP contribution is -2.10. The van der Waals surface area contributed by atoms with Gasteiger partial charge >= 0.3 is 6.18 Å². The van der Waals surface area contributed by atoms with Crippen molar-refractivity contribution in [2.45, 2.75) is 17.7 Å². The quantitative estimate of drug-likeness (QED) is 0.306. The van der Waals surface area contributed by atoms with Gasteiger partial charge in [0.2, 0.25) is 0 Å². The molecule has 0 aliphatic rings. The summed E-state index contributed by atoms with van der Waals surface area (Å²) < 4.78 is 73.7. The second-order valence-electron chi connectivity index (χ2n) is 7.85. The lowest BCUT2D eigenvalue weighted by Gasteiger charge is -2.22. The summed E-state index contributed by atoms with van der Waals surface area (Å²) in [6, 6.07) is 21.8. The number of halogens is 3. The van der Waals surface area contributed by atoms with Crippen LogP contribution < -0.4 is 9.72 Å². The Morgan fingerprint density at radius 2 is 1.69 bits per heavy atom. The molecule has 0 fully saturated rings. The fourth-order valence-corrected chi connectivity index (χ4v) is 4.67. The third-order valence-corrected chi connectivity index (χ3v) is 6.66. The largest absolute Gasteiger partial charge is 0.573 e. The van der Waals surface area contributed by atoms with Gasteiger partial charge in [-0.25, -0.2) is 18.4 Å². The predicted molar refractivity (Wildman–Crippen MR) is 125 cm³/mol. The molecular weight excluding hydrogens is 479 g/mol. The maximum Gasteiger partial charge on any atom is 0.416 e. The van der Waals surface area contributed by atoms with Crippen LogP contribution in [0, 0.1) is 0 Å². The van der Waals surface area contributed by atoms with E-state index in [1.54, 1.807) is 6.07 Å². The fourth-order valence-electron chi connectivity index (χ4n) is 3.67. The average molecular weight is 497 g/mol. The molecule has 0 aliphatic carbocycles. The zero-order valence-corrected chi connectivity index (χ0v) is 18.8. The molecule has 0 bridgehead atoms. The van der Waals surface area contributed by atoms with Gasteiger partial charge in [0, 0.05) is 6.07 Å². The number of aromatic amines is 2. The van der Waals surface area contributed by atoms with Crippen LogP contribution in [0.15, 0.2) is 89.8 Å². The van der Waals surface area contributed by atoms with E-state index in [0.717, 1.165) is 22.9 Å². The van der Waals surface area contributed by atoms with Crippen molar-refractivity contribution in [3.63, 3.8) is 0 Å². The monoisotopic (exact) mass is 497 g/mol. The predicted octanol–water partition coefficient (Wildman–Crippen LogP) is 6.13. The van der Waals surface area contributed by atoms with Gasteiger partial charge in [-0.05, 0) is 35.0 Å². The van der Waals surface area contributed by atoms with Gasteiger partial charge in [-0.2, -0.15) is 13.2 Å². The van der Waals surface area contributed by atoms with Gasteiger partial charge in [-0.1, -0.05) is 54.6 Å². The van der Waals surface area contributed by atoms with E-state index in [4.69, 9.17) is 4.74 Å². The van der Waals surface area contributed by atoms with E-state index in [1.165, 1.54) is 18.2 Å². The Labute approximate surface area is 198 Å². The number of hydrogen-bond acceptors (Lipinski definition) is 3. The number of nitrogens with zero attached hydrogens (tertiary/aromatic N) is 1. The van der Waals surface area contributed by atoms with Gasteiger partial charge in [-0.15, -0.1) is 5.69 Å². The summed E-state index contributed by atoms with van der Waals surface area (Å²) >= 11 is 0. The van der Waals surface area contributed by atoms with Crippen LogP contribution in [0.3, 0.4) is 0 Å². The molecule has 2 N–H and O–H groups in total.